The average Bonchev–Trinajstić information content (AvgIpc) is 2.96. The number of hydrogen-bond acceptors (Lipinski definition) is 6. The van der Waals surface area contributed by atoms with Crippen molar-refractivity contribution in [3.05, 3.63) is 35.0 Å². The van der Waals surface area contributed by atoms with Gasteiger partial charge in [0.25, 0.3) is 5.91 Å². The quantitative estimate of drug-likeness (QED) is 0.737. The fraction of sp³-hybridized carbons (Fsp3) is 0.333. The van der Waals surface area contributed by atoms with Gasteiger partial charge < -0.3 is 15.4 Å². The van der Waals surface area contributed by atoms with E-state index >= 15 is 0 Å². The molecule has 0 atom stereocenters. The van der Waals surface area contributed by atoms with Crippen molar-refractivity contribution in [2.24, 2.45) is 0 Å². The fourth-order valence-corrected chi connectivity index (χ4v) is 2.76. The van der Waals surface area contributed by atoms with Gasteiger partial charge >= 0.3 is 0 Å². The van der Waals surface area contributed by atoms with Gasteiger partial charge in [0.2, 0.25) is 5.91 Å². The molecule has 2 rings (SSSR count). The van der Waals surface area contributed by atoms with Crippen LogP contribution in [-0.2, 0) is 9.53 Å². The zero-order valence-corrected chi connectivity index (χ0v) is 13.8. The topological polar surface area (TPSA) is 93.2 Å². The van der Waals surface area contributed by atoms with Crippen molar-refractivity contribution in [1.82, 2.24) is 20.6 Å². The van der Waals surface area contributed by atoms with E-state index in [-0.39, 0.29) is 18.4 Å². The lowest BCUT2D eigenvalue weighted by Gasteiger charge is -2.05. The van der Waals surface area contributed by atoms with Crippen LogP contribution in [-0.4, -0.2) is 48.6 Å². The van der Waals surface area contributed by atoms with Crippen LogP contribution in [0.2, 0.25) is 0 Å². The van der Waals surface area contributed by atoms with Gasteiger partial charge in [-0.1, -0.05) is 6.07 Å². The first kappa shape index (κ1) is 17.0. The van der Waals surface area contributed by atoms with Crippen molar-refractivity contribution in [2.75, 3.05) is 26.8 Å². The maximum Gasteiger partial charge on any atom is 0.263 e. The summed E-state index contributed by atoms with van der Waals surface area (Å²) in [4.78, 5) is 32.8. The van der Waals surface area contributed by atoms with Gasteiger partial charge in [0, 0.05) is 19.9 Å². The second-order valence-corrected chi connectivity index (χ2v) is 5.67. The number of aryl methyl sites for hydroxylation is 1. The van der Waals surface area contributed by atoms with Gasteiger partial charge in [-0.05, 0) is 19.1 Å². The van der Waals surface area contributed by atoms with Gasteiger partial charge in [-0.2, -0.15) is 0 Å². The molecule has 8 heteroatoms. The Labute approximate surface area is 138 Å². The third kappa shape index (κ3) is 4.83. The van der Waals surface area contributed by atoms with E-state index in [1.165, 1.54) is 11.3 Å². The van der Waals surface area contributed by atoms with E-state index in [9.17, 15) is 9.59 Å². The maximum absolute atomic E-state index is 12.2. The molecule has 2 N–H and O–H groups in total. The molecule has 23 heavy (non-hydrogen) atoms. The number of nitrogens with zero attached hydrogens (tertiary/aromatic N) is 2. The smallest absolute Gasteiger partial charge is 0.263 e. The number of methoxy groups -OCH3 is 1. The van der Waals surface area contributed by atoms with E-state index < -0.39 is 0 Å². The van der Waals surface area contributed by atoms with E-state index in [1.807, 2.05) is 18.2 Å². The number of rotatable bonds is 7. The molecule has 0 aliphatic carbocycles. The summed E-state index contributed by atoms with van der Waals surface area (Å²) in [5, 5.41) is 5.90. The zero-order valence-electron chi connectivity index (χ0n) is 13.0. The molecule has 2 aromatic rings. The molecule has 2 amide bonds. The van der Waals surface area contributed by atoms with Crippen molar-refractivity contribution < 1.29 is 14.3 Å². The van der Waals surface area contributed by atoms with E-state index in [2.05, 4.69) is 20.6 Å². The number of carbonyl (C=O) groups excluding carboxylic acids is 2. The summed E-state index contributed by atoms with van der Waals surface area (Å²) in [6.07, 6.45) is 1.68. The Kier molecular flexibility index (Phi) is 6.19. The standard InChI is InChI=1S/C15H18N4O3S/c1-10-13(14(21)18-9-12(20)17-7-8-22-2)23-15(19-10)11-5-3-4-6-16-11/h3-6H,7-9H2,1-2H3,(H,17,20)(H,18,21). The predicted octanol–water partition coefficient (Wildman–Crippen LogP) is 1.01. The first-order valence-electron chi connectivity index (χ1n) is 7.04. The zero-order chi connectivity index (χ0) is 16.7. The van der Waals surface area contributed by atoms with Crippen molar-refractivity contribution in [2.45, 2.75) is 6.92 Å². The Bertz CT molecular complexity index is 673. The van der Waals surface area contributed by atoms with Gasteiger partial charge in [-0.15, -0.1) is 11.3 Å². The minimum absolute atomic E-state index is 0.0845. The van der Waals surface area contributed by atoms with Gasteiger partial charge in [0.15, 0.2) is 0 Å². The number of pyridine rings is 1. The maximum atomic E-state index is 12.2. The second-order valence-electron chi connectivity index (χ2n) is 4.67. The molecule has 2 aromatic heterocycles. The Morgan fingerprint density at radius 3 is 2.83 bits per heavy atom. The summed E-state index contributed by atoms with van der Waals surface area (Å²) >= 11 is 1.26. The molecule has 0 aliphatic rings. The summed E-state index contributed by atoms with van der Waals surface area (Å²) in [7, 11) is 1.56. The number of aromatic nitrogens is 2. The highest BCUT2D eigenvalue weighted by molar-refractivity contribution is 7.17. The highest BCUT2D eigenvalue weighted by atomic mass is 32.1. The molecule has 0 spiro atoms. The van der Waals surface area contributed by atoms with E-state index in [0.717, 1.165) is 5.69 Å². The highest BCUT2D eigenvalue weighted by Crippen LogP contribution is 2.26. The first-order chi connectivity index (χ1) is 11.1. The number of nitrogens with one attached hydrogen (secondary N) is 2. The normalized spacial score (nSPS) is 10.3. The molecule has 0 unspecified atom stereocenters. The van der Waals surface area contributed by atoms with Crippen LogP contribution in [0, 0.1) is 6.92 Å². The van der Waals surface area contributed by atoms with Crippen LogP contribution in [0.15, 0.2) is 24.4 Å². The van der Waals surface area contributed by atoms with Crippen LogP contribution in [0.25, 0.3) is 10.7 Å². The molecule has 7 nitrogen and oxygen atoms in total. The summed E-state index contributed by atoms with van der Waals surface area (Å²) < 4.78 is 4.83. The van der Waals surface area contributed by atoms with Gasteiger partial charge in [-0.3, -0.25) is 14.6 Å². The molecule has 0 fully saturated rings. The first-order valence-corrected chi connectivity index (χ1v) is 7.86. The summed E-state index contributed by atoms with van der Waals surface area (Å²) in [5.74, 6) is -0.577. The molecule has 122 valence electrons. The van der Waals surface area contributed by atoms with E-state index in [1.54, 1.807) is 20.2 Å². The Balaban J connectivity index is 1.95. The van der Waals surface area contributed by atoms with Crippen molar-refractivity contribution in [3.63, 3.8) is 0 Å². The van der Waals surface area contributed by atoms with E-state index in [4.69, 9.17) is 4.74 Å². The van der Waals surface area contributed by atoms with Gasteiger partial charge in [0.1, 0.15) is 9.88 Å². The highest BCUT2D eigenvalue weighted by Gasteiger charge is 2.17. The fourth-order valence-electron chi connectivity index (χ4n) is 1.80. The van der Waals surface area contributed by atoms with Gasteiger partial charge in [-0.25, -0.2) is 4.98 Å². The number of ether oxygens (including phenoxy) is 1. The van der Waals surface area contributed by atoms with Crippen LogP contribution in [0.5, 0.6) is 0 Å². The number of carbonyl (C=O) groups is 2. The Morgan fingerprint density at radius 1 is 1.30 bits per heavy atom. The van der Waals surface area contributed by atoms with Crippen molar-refractivity contribution >= 4 is 23.2 Å². The van der Waals surface area contributed by atoms with Crippen LogP contribution in [0.3, 0.4) is 0 Å². The molecular weight excluding hydrogens is 316 g/mol. The number of amides is 2. The minimum Gasteiger partial charge on any atom is -0.383 e. The average molecular weight is 334 g/mol. The monoisotopic (exact) mass is 334 g/mol. The molecule has 0 aromatic carbocycles. The lowest BCUT2D eigenvalue weighted by atomic mass is 10.3. The third-order valence-corrected chi connectivity index (χ3v) is 4.10. The predicted molar refractivity (Wildman–Crippen MR) is 87.3 cm³/mol. The second kappa shape index (κ2) is 8.35. The molecule has 0 aliphatic heterocycles. The lowest BCUT2D eigenvalue weighted by Crippen LogP contribution is -2.38. The van der Waals surface area contributed by atoms with Crippen LogP contribution < -0.4 is 10.6 Å². The Hall–Kier alpha value is -2.32. The lowest BCUT2D eigenvalue weighted by molar-refractivity contribution is -0.120. The molecule has 0 saturated carbocycles. The van der Waals surface area contributed by atoms with Crippen LogP contribution in [0.1, 0.15) is 15.4 Å². The summed E-state index contributed by atoms with van der Waals surface area (Å²) in [6.45, 7) is 2.52. The van der Waals surface area contributed by atoms with Crippen molar-refractivity contribution in [3.8, 4) is 10.7 Å². The number of hydrogen-bond donors (Lipinski definition) is 2. The van der Waals surface area contributed by atoms with Crippen LogP contribution >= 0.6 is 11.3 Å². The molecule has 0 bridgehead atoms. The Morgan fingerprint density at radius 2 is 2.13 bits per heavy atom. The van der Waals surface area contributed by atoms with Crippen molar-refractivity contribution in [1.29, 1.82) is 0 Å². The number of thiazole rings is 1. The minimum atomic E-state index is -0.316. The van der Waals surface area contributed by atoms with Crippen LogP contribution in [0.4, 0.5) is 0 Å². The molecule has 2 heterocycles. The molecular formula is C15H18N4O3S. The van der Waals surface area contributed by atoms with E-state index in [0.29, 0.717) is 28.7 Å². The largest absolute Gasteiger partial charge is 0.383 e. The SMILES string of the molecule is COCCNC(=O)CNC(=O)c1sc(-c2ccccn2)nc1C. The molecule has 0 radical (unpaired) electrons. The summed E-state index contributed by atoms with van der Waals surface area (Å²) in [6, 6.07) is 5.52. The summed E-state index contributed by atoms with van der Waals surface area (Å²) in [5.41, 5.74) is 1.34. The van der Waals surface area contributed by atoms with Gasteiger partial charge in [0.05, 0.1) is 24.5 Å². The third-order valence-electron chi connectivity index (χ3n) is 2.92. The molecule has 0 saturated heterocycles.